The Morgan fingerprint density at radius 2 is 1.65 bits per heavy atom. The molecule has 1 aliphatic rings. The van der Waals surface area contributed by atoms with Crippen molar-refractivity contribution in [1.29, 1.82) is 0 Å². The zero-order valence-corrected chi connectivity index (χ0v) is 22.6. The van der Waals surface area contributed by atoms with E-state index in [1.807, 2.05) is 0 Å². The van der Waals surface area contributed by atoms with E-state index in [-0.39, 0.29) is 41.1 Å². The van der Waals surface area contributed by atoms with Crippen LogP contribution in [0, 0.1) is 0 Å². The second-order valence-electron chi connectivity index (χ2n) is 9.00. The van der Waals surface area contributed by atoms with E-state index in [0.717, 1.165) is 4.90 Å². The zero-order chi connectivity index (χ0) is 29.0. The van der Waals surface area contributed by atoms with E-state index in [1.54, 1.807) is 36.4 Å². The third kappa shape index (κ3) is 6.03. The zero-order valence-electron chi connectivity index (χ0n) is 21.8. The van der Waals surface area contributed by atoms with Crippen molar-refractivity contribution in [1.82, 2.24) is 4.90 Å². The van der Waals surface area contributed by atoms with Crippen molar-refractivity contribution in [3.63, 3.8) is 0 Å². The molecule has 1 fully saturated rings. The number of benzene rings is 3. The lowest BCUT2D eigenvalue weighted by atomic mass is 10.1. The summed E-state index contributed by atoms with van der Waals surface area (Å²) in [5.41, 5.74) is 1.48. The van der Waals surface area contributed by atoms with Gasteiger partial charge in [-0.15, -0.1) is 0 Å². The summed E-state index contributed by atoms with van der Waals surface area (Å²) in [7, 11) is -1.15. The number of ether oxygens (including phenoxy) is 2. The maximum absolute atomic E-state index is 13.7. The van der Waals surface area contributed by atoms with Gasteiger partial charge in [-0.25, -0.2) is 23.3 Å². The van der Waals surface area contributed by atoms with E-state index in [4.69, 9.17) is 9.88 Å². The number of methoxy groups -OCH3 is 2. The van der Waals surface area contributed by atoms with Gasteiger partial charge in [-0.05, 0) is 66.6 Å². The summed E-state index contributed by atoms with van der Waals surface area (Å²) >= 11 is 0. The molecular weight excluding hydrogens is 538 g/mol. The van der Waals surface area contributed by atoms with Crippen molar-refractivity contribution in [2.75, 3.05) is 25.7 Å². The van der Waals surface area contributed by atoms with Crippen LogP contribution in [0.15, 0.2) is 77.7 Å². The third-order valence-electron chi connectivity index (χ3n) is 6.52. The molecular formula is C28H27N3O8S. The van der Waals surface area contributed by atoms with E-state index >= 15 is 0 Å². The van der Waals surface area contributed by atoms with Crippen LogP contribution < -0.4 is 14.8 Å². The van der Waals surface area contributed by atoms with Crippen molar-refractivity contribution in [3.05, 3.63) is 89.5 Å². The predicted molar refractivity (Wildman–Crippen MR) is 144 cm³/mol. The lowest BCUT2D eigenvalue weighted by Gasteiger charge is -2.28. The molecule has 3 aromatic rings. The minimum absolute atomic E-state index is 0.0500. The fourth-order valence-electron chi connectivity index (χ4n) is 4.41. The van der Waals surface area contributed by atoms with Crippen LogP contribution in [0.5, 0.6) is 5.75 Å². The van der Waals surface area contributed by atoms with Gasteiger partial charge in [-0.2, -0.15) is 0 Å². The smallest absolute Gasteiger partial charge is 0.337 e. The van der Waals surface area contributed by atoms with Crippen LogP contribution >= 0.6 is 0 Å². The maximum Gasteiger partial charge on any atom is 0.337 e. The van der Waals surface area contributed by atoms with Crippen LogP contribution in [0.2, 0.25) is 0 Å². The molecule has 1 aliphatic heterocycles. The van der Waals surface area contributed by atoms with E-state index < -0.39 is 39.8 Å². The van der Waals surface area contributed by atoms with E-state index in [2.05, 4.69) is 4.74 Å². The van der Waals surface area contributed by atoms with Gasteiger partial charge in [0.2, 0.25) is 15.9 Å². The van der Waals surface area contributed by atoms with Crippen LogP contribution in [-0.2, 0) is 30.8 Å². The van der Waals surface area contributed by atoms with Gasteiger partial charge in [-0.3, -0.25) is 14.4 Å². The number of primary sulfonamides is 1. The highest BCUT2D eigenvalue weighted by Crippen LogP contribution is 2.28. The molecule has 3 aromatic carbocycles. The number of hydrogen-bond donors (Lipinski definition) is 1. The molecule has 0 aliphatic carbocycles. The Morgan fingerprint density at radius 1 is 0.975 bits per heavy atom. The normalized spacial score (nSPS) is 15.2. The van der Waals surface area contributed by atoms with Gasteiger partial charge >= 0.3 is 5.97 Å². The van der Waals surface area contributed by atoms with Gasteiger partial charge < -0.3 is 14.4 Å². The predicted octanol–water partition coefficient (Wildman–Crippen LogP) is 2.15. The number of nitrogens with two attached hydrogens (primary N) is 1. The molecule has 0 aromatic heterocycles. The first-order valence-electron chi connectivity index (χ1n) is 12.2. The number of carbonyl (C=O) groups is 4. The fourth-order valence-corrected chi connectivity index (χ4v) is 4.93. The molecule has 2 N–H and O–H groups in total. The highest BCUT2D eigenvalue weighted by Gasteiger charge is 2.44. The van der Waals surface area contributed by atoms with E-state index in [0.29, 0.717) is 11.3 Å². The van der Waals surface area contributed by atoms with Crippen molar-refractivity contribution in [3.8, 4) is 5.75 Å². The molecule has 12 heteroatoms. The molecule has 11 nitrogen and oxygen atoms in total. The summed E-state index contributed by atoms with van der Waals surface area (Å²) in [4.78, 5) is 54.4. The standard InChI is InChI=1S/C28H27N3O8S/c1-38-22-5-3-4-20(16-22)26(33)30(15-14-18-6-12-23(13-7-18)40(29,36)37)24-17-25(32)31(27(24)34)21-10-8-19(9-11-21)28(35)39-2/h3-13,16,24H,14-15,17H2,1-2H3,(H2,29,36,37). The number of rotatable bonds is 9. The summed E-state index contributed by atoms with van der Waals surface area (Å²) in [5, 5.41) is 5.17. The van der Waals surface area contributed by atoms with Crippen molar-refractivity contribution in [2.24, 2.45) is 5.14 Å². The number of imide groups is 1. The lowest BCUT2D eigenvalue weighted by Crippen LogP contribution is -2.46. The van der Waals surface area contributed by atoms with Crippen molar-refractivity contribution >= 4 is 39.4 Å². The minimum Gasteiger partial charge on any atom is -0.497 e. The first kappa shape index (κ1) is 28.5. The summed E-state index contributed by atoms with van der Waals surface area (Å²) in [6, 6.07) is 17.1. The second-order valence-corrected chi connectivity index (χ2v) is 10.6. The molecule has 0 radical (unpaired) electrons. The summed E-state index contributed by atoms with van der Waals surface area (Å²) in [6.45, 7) is 0.0591. The van der Waals surface area contributed by atoms with Crippen LogP contribution in [0.1, 0.15) is 32.7 Å². The third-order valence-corrected chi connectivity index (χ3v) is 7.45. The fraction of sp³-hybridized carbons (Fsp3) is 0.214. The number of carbonyl (C=O) groups excluding carboxylic acids is 4. The second kappa shape index (κ2) is 11.7. The van der Waals surface area contributed by atoms with E-state index in [1.165, 1.54) is 55.5 Å². The van der Waals surface area contributed by atoms with Gasteiger partial charge in [-0.1, -0.05) is 18.2 Å². The summed E-state index contributed by atoms with van der Waals surface area (Å²) in [5.74, 6) is -1.67. The van der Waals surface area contributed by atoms with Gasteiger partial charge in [0.05, 0.1) is 36.8 Å². The molecule has 0 bridgehead atoms. The Morgan fingerprint density at radius 3 is 2.25 bits per heavy atom. The van der Waals surface area contributed by atoms with Crippen molar-refractivity contribution < 1.29 is 37.1 Å². The topological polar surface area (TPSA) is 153 Å². The van der Waals surface area contributed by atoms with Crippen molar-refractivity contribution in [2.45, 2.75) is 23.8 Å². The largest absolute Gasteiger partial charge is 0.497 e. The van der Waals surface area contributed by atoms with Crippen LogP contribution in [0.4, 0.5) is 5.69 Å². The highest BCUT2D eigenvalue weighted by molar-refractivity contribution is 7.89. The monoisotopic (exact) mass is 565 g/mol. The number of amides is 3. The maximum atomic E-state index is 13.7. The number of sulfonamides is 1. The summed E-state index contributed by atoms with van der Waals surface area (Å²) < 4.78 is 33.1. The molecule has 4 rings (SSSR count). The number of esters is 1. The SMILES string of the molecule is COC(=O)c1ccc(N2C(=O)CC(N(CCc3ccc(S(N)(=O)=O)cc3)C(=O)c3cccc(OC)c3)C2=O)cc1. The molecule has 1 atom stereocenters. The Balaban J connectivity index is 1.63. The molecule has 1 unspecified atom stereocenters. The quantitative estimate of drug-likeness (QED) is 0.306. The molecule has 1 heterocycles. The van der Waals surface area contributed by atoms with E-state index in [9.17, 15) is 27.6 Å². The Labute approximate surface area is 231 Å². The average molecular weight is 566 g/mol. The molecule has 208 valence electrons. The summed E-state index contributed by atoms with van der Waals surface area (Å²) in [6.07, 6.45) is 0.0318. The molecule has 1 saturated heterocycles. The Hall–Kier alpha value is -4.55. The van der Waals surface area contributed by atoms with Gasteiger partial charge in [0.1, 0.15) is 11.8 Å². The average Bonchev–Trinajstić information content (AvgIpc) is 3.25. The lowest BCUT2D eigenvalue weighted by molar-refractivity contribution is -0.122. The molecule has 0 spiro atoms. The number of nitrogens with zero attached hydrogens (tertiary/aromatic N) is 2. The van der Waals surface area contributed by atoms with Gasteiger partial charge in [0.15, 0.2) is 0 Å². The van der Waals surface area contributed by atoms with Crippen LogP contribution in [0.3, 0.4) is 0 Å². The molecule has 40 heavy (non-hydrogen) atoms. The van der Waals surface area contributed by atoms with Gasteiger partial charge in [0.25, 0.3) is 11.8 Å². The van der Waals surface area contributed by atoms with Crippen LogP contribution in [0.25, 0.3) is 0 Å². The van der Waals surface area contributed by atoms with Crippen LogP contribution in [-0.4, -0.2) is 63.8 Å². The molecule has 3 amide bonds. The first-order valence-corrected chi connectivity index (χ1v) is 13.7. The highest BCUT2D eigenvalue weighted by atomic mass is 32.2. The van der Waals surface area contributed by atoms with Gasteiger partial charge in [0, 0.05) is 12.1 Å². The first-order chi connectivity index (χ1) is 19.0. The minimum atomic E-state index is -3.86. The Bertz CT molecular complexity index is 1550. The Kier molecular flexibility index (Phi) is 8.31. The molecule has 0 saturated carbocycles. The number of hydrogen-bond acceptors (Lipinski definition) is 8. The number of anilines is 1.